The number of ether oxygens (including phenoxy) is 1. The van der Waals surface area contributed by atoms with Crippen molar-refractivity contribution in [2.45, 2.75) is 26.4 Å². The largest absolute Gasteiger partial charge is 0.454 e. The number of H-pyrrole nitrogens is 1. The normalized spacial score (nSPS) is 11.8. The van der Waals surface area contributed by atoms with Crippen LogP contribution in [-0.4, -0.2) is 34.3 Å². The quantitative estimate of drug-likeness (QED) is 0.258. The molecular formula is C21H21N3O5. The summed E-state index contributed by atoms with van der Waals surface area (Å²) in [6, 6.07) is 13.6. The van der Waals surface area contributed by atoms with Gasteiger partial charge in [0.05, 0.1) is 11.3 Å². The van der Waals surface area contributed by atoms with E-state index >= 15 is 0 Å². The van der Waals surface area contributed by atoms with Crippen molar-refractivity contribution in [1.82, 2.24) is 4.98 Å². The molecule has 0 aliphatic heterocycles. The van der Waals surface area contributed by atoms with Crippen molar-refractivity contribution in [1.29, 1.82) is 0 Å². The van der Waals surface area contributed by atoms with Crippen LogP contribution in [0.25, 0.3) is 10.9 Å². The standard InChI is InChI=1S/C21H21N3O5/c1-13-20(15-7-3-4-8-16(15)23-13)21(26)14(2)29-19(25)11-12-22-17-9-5-6-10-18(17)24(27)28/h3-10,14,22-23H,11-12H2,1-2H3/t14-/m1/s1. The number of nitro groups is 1. The summed E-state index contributed by atoms with van der Waals surface area (Å²) in [6.07, 6.45) is -0.970. The Balaban J connectivity index is 1.59. The zero-order chi connectivity index (χ0) is 21.0. The van der Waals surface area contributed by atoms with Crippen LogP contribution in [0.2, 0.25) is 0 Å². The number of carbonyl (C=O) groups excluding carboxylic acids is 2. The molecule has 3 rings (SSSR count). The number of hydrogen-bond donors (Lipinski definition) is 2. The summed E-state index contributed by atoms with van der Waals surface area (Å²) in [7, 11) is 0. The summed E-state index contributed by atoms with van der Waals surface area (Å²) >= 11 is 0. The predicted octanol–water partition coefficient (Wildman–Crippen LogP) is 4.00. The van der Waals surface area contributed by atoms with Crippen LogP contribution in [0.4, 0.5) is 11.4 Å². The average molecular weight is 395 g/mol. The van der Waals surface area contributed by atoms with Gasteiger partial charge in [-0.05, 0) is 26.0 Å². The molecule has 0 fully saturated rings. The van der Waals surface area contributed by atoms with Crippen LogP contribution in [0.3, 0.4) is 0 Å². The molecule has 0 saturated carbocycles. The molecule has 0 bridgehead atoms. The van der Waals surface area contributed by atoms with Gasteiger partial charge in [-0.1, -0.05) is 30.3 Å². The minimum Gasteiger partial charge on any atom is -0.454 e. The number of aryl methyl sites for hydroxylation is 1. The Morgan fingerprint density at radius 3 is 2.62 bits per heavy atom. The fourth-order valence-corrected chi connectivity index (χ4v) is 3.19. The first-order valence-electron chi connectivity index (χ1n) is 9.16. The number of esters is 1. The van der Waals surface area contributed by atoms with Crippen molar-refractivity contribution in [3.05, 3.63) is 69.9 Å². The second-order valence-corrected chi connectivity index (χ2v) is 6.62. The number of para-hydroxylation sites is 3. The number of ketones is 1. The third-order valence-corrected chi connectivity index (χ3v) is 4.56. The van der Waals surface area contributed by atoms with E-state index in [1.54, 1.807) is 25.1 Å². The van der Waals surface area contributed by atoms with Crippen molar-refractivity contribution in [3.8, 4) is 0 Å². The van der Waals surface area contributed by atoms with Gasteiger partial charge in [-0.3, -0.25) is 19.7 Å². The highest BCUT2D eigenvalue weighted by molar-refractivity contribution is 6.11. The van der Waals surface area contributed by atoms with E-state index < -0.39 is 17.0 Å². The van der Waals surface area contributed by atoms with Gasteiger partial charge in [0.15, 0.2) is 6.10 Å². The molecule has 0 unspecified atom stereocenters. The highest BCUT2D eigenvalue weighted by Crippen LogP contribution is 2.24. The number of anilines is 1. The third kappa shape index (κ3) is 4.43. The average Bonchev–Trinajstić information content (AvgIpc) is 3.03. The van der Waals surface area contributed by atoms with Gasteiger partial charge < -0.3 is 15.0 Å². The first-order chi connectivity index (χ1) is 13.9. The number of hydrogen-bond acceptors (Lipinski definition) is 6. The van der Waals surface area contributed by atoms with Crippen LogP contribution in [0, 0.1) is 17.0 Å². The van der Waals surface area contributed by atoms with Crippen molar-refractivity contribution in [2.75, 3.05) is 11.9 Å². The summed E-state index contributed by atoms with van der Waals surface area (Å²) in [5.41, 5.74) is 2.33. The van der Waals surface area contributed by atoms with E-state index in [0.717, 1.165) is 16.6 Å². The molecule has 0 radical (unpaired) electrons. The molecule has 1 heterocycles. The number of nitrogens with one attached hydrogen (secondary N) is 2. The van der Waals surface area contributed by atoms with Crippen molar-refractivity contribution < 1.29 is 19.2 Å². The van der Waals surface area contributed by atoms with Gasteiger partial charge in [0.25, 0.3) is 5.69 Å². The zero-order valence-electron chi connectivity index (χ0n) is 16.1. The molecule has 0 aliphatic rings. The number of aromatic amines is 1. The fraction of sp³-hybridized carbons (Fsp3) is 0.238. The van der Waals surface area contributed by atoms with Crippen LogP contribution in [0.5, 0.6) is 0 Å². The van der Waals surface area contributed by atoms with Crippen LogP contribution in [0.1, 0.15) is 29.4 Å². The Labute approximate surface area is 167 Å². The van der Waals surface area contributed by atoms with Gasteiger partial charge in [-0.15, -0.1) is 0 Å². The van der Waals surface area contributed by atoms with Gasteiger partial charge in [0, 0.05) is 34.8 Å². The fourth-order valence-electron chi connectivity index (χ4n) is 3.19. The Bertz CT molecular complexity index is 1070. The Hall–Kier alpha value is -3.68. The van der Waals surface area contributed by atoms with E-state index in [0.29, 0.717) is 11.3 Å². The highest BCUT2D eigenvalue weighted by Gasteiger charge is 2.24. The second-order valence-electron chi connectivity index (χ2n) is 6.62. The highest BCUT2D eigenvalue weighted by atomic mass is 16.6. The van der Waals surface area contributed by atoms with Gasteiger partial charge in [-0.25, -0.2) is 0 Å². The van der Waals surface area contributed by atoms with E-state index in [1.807, 2.05) is 24.3 Å². The molecule has 1 aromatic heterocycles. The molecule has 0 aliphatic carbocycles. The van der Waals surface area contributed by atoms with E-state index in [1.165, 1.54) is 13.0 Å². The lowest BCUT2D eigenvalue weighted by atomic mass is 10.0. The number of carbonyl (C=O) groups is 2. The van der Waals surface area contributed by atoms with Gasteiger partial charge in [0.2, 0.25) is 5.78 Å². The lowest BCUT2D eigenvalue weighted by molar-refractivity contribution is -0.384. The summed E-state index contributed by atoms with van der Waals surface area (Å²) in [4.78, 5) is 38.6. The maximum Gasteiger partial charge on any atom is 0.308 e. The van der Waals surface area contributed by atoms with Crippen molar-refractivity contribution >= 4 is 34.0 Å². The van der Waals surface area contributed by atoms with Crippen LogP contribution in [-0.2, 0) is 9.53 Å². The van der Waals surface area contributed by atoms with Crippen molar-refractivity contribution in [2.24, 2.45) is 0 Å². The topological polar surface area (TPSA) is 114 Å². The maximum atomic E-state index is 12.8. The molecule has 2 aromatic carbocycles. The van der Waals surface area contributed by atoms with Crippen LogP contribution in [0.15, 0.2) is 48.5 Å². The molecule has 8 nitrogen and oxygen atoms in total. The monoisotopic (exact) mass is 395 g/mol. The minimum absolute atomic E-state index is 0.0312. The zero-order valence-corrected chi connectivity index (χ0v) is 16.1. The van der Waals surface area contributed by atoms with Crippen molar-refractivity contribution in [3.63, 3.8) is 0 Å². The lowest BCUT2D eigenvalue weighted by Gasteiger charge is -2.13. The number of aromatic nitrogens is 1. The summed E-state index contributed by atoms with van der Waals surface area (Å²) in [5.74, 6) is -0.839. The van der Waals surface area contributed by atoms with Crippen LogP contribution >= 0.6 is 0 Å². The molecular weight excluding hydrogens is 374 g/mol. The first-order valence-corrected chi connectivity index (χ1v) is 9.16. The SMILES string of the molecule is Cc1[nH]c2ccccc2c1C(=O)[C@@H](C)OC(=O)CCNc1ccccc1[N+](=O)[O-]. The molecule has 0 spiro atoms. The smallest absolute Gasteiger partial charge is 0.308 e. The van der Waals surface area contributed by atoms with Gasteiger partial charge in [0.1, 0.15) is 5.69 Å². The Morgan fingerprint density at radius 2 is 1.86 bits per heavy atom. The van der Waals surface area contributed by atoms with E-state index in [9.17, 15) is 19.7 Å². The van der Waals surface area contributed by atoms with E-state index in [-0.39, 0.29) is 24.4 Å². The molecule has 150 valence electrons. The third-order valence-electron chi connectivity index (χ3n) is 4.56. The number of benzene rings is 2. The summed E-state index contributed by atoms with van der Waals surface area (Å²) in [5, 5.41) is 14.7. The number of rotatable bonds is 8. The predicted molar refractivity (Wildman–Crippen MR) is 109 cm³/mol. The maximum absolute atomic E-state index is 12.8. The molecule has 0 saturated heterocycles. The Kier molecular flexibility index (Phi) is 5.92. The number of nitrogens with zero attached hydrogens (tertiary/aromatic N) is 1. The molecule has 3 aromatic rings. The summed E-state index contributed by atoms with van der Waals surface area (Å²) < 4.78 is 5.28. The lowest BCUT2D eigenvalue weighted by Crippen LogP contribution is -2.25. The number of nitro benzene ring substituents is 1. The minimum atomic E-state index is -0.938. The molecule has 2 N–H and O–H groups in total. The van der Waals surface area contributed by atoms with Gasteiger partial charge >= 0.3 is 5.97 Å². The second kappa shape index (κ2) is 8.55. The first kappa shape index (κ1) is 20.1. The molecule has 8 heteroatoms. The van der Waals surface area contributed by atoms with Gasteiger partial charge in [-0.2, -0.15) is 0 Å². The Morgan fingerprint density at radius 1 is 1.17 bits per heavy atom. The summed E-state index contributed by atoms with van der Waals surface area (Å²) in [6.45, 7) is 3.49. The molecule has 0 amide bonds. The molecule has 1 atom stereocenters. The van der Waals surface area contributed by atoms with E-state index in [2.05, 4.69) is 10.3 Å². The number of Topliss-reactive ketones (excluding diaryl/α,β-unsaturated/α-hetero) is 1. The number of fused-ring (bicyclic) bond motifs is 1. The van der Waals surface area contributed by atoms with E-state index in [4.69, 9.17) is 4.74 Å². The van der Waals surface area contributed by atoms with Crippen LogP contribution < -0.4 is 5.32 Å². The molecule has 29 heavy (non-hydrogen) atoms.